The van der Waals surface area contributed by atoms with E-state index in [2.05, 4.69) is 45.9 Å². The fourth-order valence-corrected chi connectivity index (χ4v) is 4.22. The summed E-state index contributed by atoms with van der Waals surface area (Å²) in [5.74, 6) is 1.32. The number of likely N-dealkylation sites (tertiary alicyclic amines) is 1. The molecule has 1 aliphatic heterocycles. The van der Waals surface area contributed by atoms with E-state index in [4.69, 9.17) is 0 Å². The number of fused-ring (bicyclic) bond motifs is 1. The van der Waals surface area contributed by atoms with Gasteiger partial charge in [-0.1, -0.05) is 37.3 Å². The van der Waals surface area contributed by atoms with Crippen LogP contribution in [0.5, 0.6) is 0 Å². The van der Waals surface area contributed by atoms with E-state index in [9.17, 15) is 9.90 Å². The van der Waals surface area contributed by atoms with Crippen LogP contribution in [0.25, 0.3) is 0 Å². The molecule has 3 N–H and O–H groups in total. The van der Waals surface area contributed by atoms with Crippen LogP contribution in [0.1, 0.15) is 32.3 Å². The van der Waals surface area contributed by atoms with Crippen molar-refractivity contribution in [3.8, 4) is 0 Å². The first kappa shape index (κ1) is 18.2. The number of benzene rings is 1. The molecule has 0 bridgehead atoms. The Kier molecular flexibility index (Phi) is 5.97. The van der Waals surface area contributed by atoms with Crippen LogP contribution in [0.4, 0.5) is 4.79 Å². The van der Waals surface area contributed by atoms with Crippen molar-refractivity contribution in [1.82, 2.24) is 15.5 Å². The minimum atomic E-state index is -0.0973. The van der Waals surface area contributed by atoms with Gasteiger partial charge in [0.25, 0.3) is 0 Å². The van der Waals surface area contributed by atoms with Crippen LogP contribution >= 0.6 is 0 Å². The number of aliphatic hydroxyl groups is 1. The lowest BCUT2D eigenvalue weighted by molar-refractivity contribution is 0.197. The van der Waals surface area contributed by atoms with Gasteiger partial charge in [0.05, 0.1) is 0 Å². The largest absolute Gasteiger partial charge is 0.396 e. The number of nitrogens with one attached hydrogen (secondary N) is 2. The van der Waals surface area contributed by atoms with Crippen molar-refractivity contribution in [2.75, 3.05) is 19.7 Å². The standard InChI is InChI=1S/C20H31N3O2/c1-14(13-24)15(2)21-20(25)22-19-9-8-17-11-23(12-18(17)19)10-16-6-4-3-5-7-16/h3-7,14-15,17-19,24H,8-13H2,1-2H3,(H2,21,22,25)/t14-,15+,17+,18+,19-/m1/s1. The summed E-state index contributed by atoms with van der Waals surface area (Å²) in [6.07, 6.45) is 2.27. The molecule has 25 heavy (non-hydrogen) atoms. The zero-order valence-electron chi connectivity index (χ0n) is 15.3. The number of urea groups is 1. The number of nitrogens with zero attached hydrogens (tertiary/aromatic N) is 1. The molecule has 2 aliphatic rings. The predicted octanol–water partition coefficient (Wildman–Crippen LogP) is 2.21. The minimum absolute atomic E-state index is 0.0274. The lowest BCUT2D eigenvalue weighted by atomic mass is 9.98. The van der Waals surface area contributed by atoms with Crippen LogP contribution in [-0.4, -0.2) is 47.8 Å². The molecule has 5 heteroatoms. The third-order valence-corrected chi connectivity index (χ3v) is 6.00. The second-order valence-corrected chi connectivity index (χ2v) is 7.85. The highest BCUT2D eigenvalue weighted by Crippen LogP contribution is 2.38. The molecule has 1 saturated carbocycles. The SMILES string of the molecule is C[C@H](CO)[C@H](C)NC(=O)N[C@@H]1CC[C@H]2CN(Cc3ccccc3)C[C@@H]21. The van der Waals surface area contributed by atoms with Crippen molar-refractivity contribution in [1.29, 1.82) is 0 Å². The van der Waals surface area contributed by atoms with Crippen LogP contribution in [0.15, 0.2) is 30.3 Å². The topological polar surface area (TPSA) is 64.6 Å². The molecular weight excluding hydrogens is 314 g/mol. The van der Waals surface area contributed by atoms with E-state index in [0.29, 0.717) is 11.8 Å². The molecule has 1 saturated heterocycles. The van der Waals surface area contributed by atoms with Gasteiger partial charge >= 0.3 is 6.03 Å². The second-order valence-electron chi connectivity index (χ2n) is 7.85. The number of carbonyl (C=O) groups excluding carboxylic acids is 1. The molecule has 2 fully saturated rings. The number of hydrogen-bond acceptors (Lipinski definition) is 3. The average molecular weight is 345 g/mol. The van der Waals surface area contributed by atoms with Gasteiger partial charge in [-0.15, -0.1) is 0 Å². The van der Waals surface area contributed by atoms with Crippen LogP contribution in [0.2, 0.25) is 0 Å². The Labute approximate surface area is 150 Å². The number of amides is 2. The van der Waals surface area contributed by atoms with Crippen LogP contribution < -0.4 is 10.6 Å². The monoisotopic (exact) mass is 345 g/mol. The Bertz CT molecular complexity index is 565. The van der Waals surface area contributed by atoms with Gasteiger partial charge < -0.3 is 15.7 Å². The number of rotatable bonds is 6. The fraction of sp³-hybridized carbons (Fsp3) is 0.650. The summed E-state index contributed by atoms with van der Waals surface area (Å²) in [5.41, 5.74) is 1.36. The first-order valence-electron chi connectivity index (χ1n) is 9.51. The molecule has 0 radical (unpaired) electrons. The van der Waals surface area contributed by atoms with Gasteiger partial charge in [0.1, 0.15) is 0 Å². The second kappa shape index (κ2) is 8.19. The molecule has 1 heterocycles. The molecule has 0 spiro atoms. The van der Waals surface area contributed by atoms with Gasteiger partial charge in [-0.05, 0) is 43.1 Å². The summed E-state index contributed by atoms with van der Waals surface area (Å²) in [7, 11) is 0. The van der Waals surface area contributed by atoms with E-state index in [1.54, 1.807) is 0 Å². The van der Waals surface area contributed by atoms with Crippen LogP contribution in [-0.2, 0) is 6.54 Å². The maximum atomic E-state index is 12.3. The zero-order chi connectivity index (χ0) is 17.8. The first-order chi connectivity index (χ1) is 12.1. The average Bonchev–Trinajstić information content (AvgIpc) is 3.16. The minimum Gasteiger partial charge on any atom is -0.396 e. The summed E-state index contributed by atoms with van der Waals surface area (Å²) in [5, 5.41) is 15.3. The molecule has 1 aromatic carbocycles. The molecular formula is C20H31N3O2. The van der Waals surface area contributed by atoms with E-state index in [1.807, 2.05) is 13.8 Å². The summed E-state index contributed by atoms with van der Waals surface area (Å²) >= 11 is 0. The van der Waals surface area contributed by atoms with Crippen molar-refractivity contribution in [3.05, 3.63) is 35.9 Å². The van der Waals surface area contributed by atoms with Gasteiger partial charge in [0.15, 0.2) is 0 Å². The lowest BCUT2D eigenvalue weighted by Crippen LogP contribution is -2.49. The highest BCUT2D eigenvalue weighted by atomic mass is 16.3. The van der Waals surface area contributed by atoms with Gasteiger partial charge in [-0.3, -0.25) is 4.90 Å². The van der Waals surface area contributed by atoms with E-state index < -0.39 is 0 Å². The molecule has 1 aromatic rings. The lowest BCUT2D eigenvalue weighted by Gasteiger charge is -2.24. The molecule has 5 nitrogen and oxygen atoms in total. The Balaban J connectivity index is 1.49. The number of hydrogen-bond donors (Lipinski definition) is 3. The smallest absolute Gasteiger partial charge is 0.315 e. The van der Waals surface area contributed by atoms with Gasteiger partial charge in [-0.25, -0.2) is 4.79 Å². The predicted molar refractivity (Wildman–Crippen MR) is 99.1 cm³/mol. The zero-order valence-corrected chi connectivity index (χ0v) is 15.3. The van der Waals surface area contributed by atoms with Crippen molar-refractivity contribution >= 4 is 6.03 Å². The molecule has 1 aliphatic carbocycles. The third-order valence-electron chi connectivity index (χ3n) is 6.00. The van der Waals surface area contributed by atoms with Crippen molar-refractivity contribution in [3.63, 3.8) is 0 Å². The van der Waals surface area contributed by atoms with Crippen LogP contribution in [0, 0.1) is 17.8 Å². The molecule has 2 amide bonds. The summed E-state index contributed by atoms with van der Waals surface area (Å²) in [6, 6.07) is 10.7. The van der Waals surface area contributed by atoms with Gasteiger partial charge in [-0.2, -0.15) is 0 Å². The Morgan fingerprint density at radius 3 is 2.72 bits per heavy atom. The first-order valence-corrected chi connectivity index (χ1v) is 9.51. The molecule has 138 valence electrons. The fourth-order valence-electron chi connectivity index (χ4n) is 4.22. The molecule has 0 unspecified atom stereocenters. The van der Waals surface area contributed by atoms with Crippen LogP contribution in [0.3, 0.4) is 0 Å². The Morgan fingerprint density at radius 2 is 2.00 bits per heavy atom. The third kappa shape index (κ3) is 4.53. The normalized spacial score (nSPS) is 28.4. The number of aliphatic hydroxyl groups excluding tert-OH is 1. The molecule has 5 atom stereocenters. The maximum Gasteiger partial charge on any atom is 0.315 e. The van der Waals surface area contributed by atoms with E-state index in [-0.39, 0.29) is 30.6 Å². The molecule has 0 aromatic heterocycles. The van der Waals surface area contributed by atoms with E-state index in [0.717, 1.165) is 26.1 Å². The van der Waals surface area contributed by atoms with E-state index in [1.165, 1.54) is 12.0 Å². The van der Waals surface area contributed by atoms with Gasteiger partial charge in [0, 0.05) is 38.3 Å². The summed E-state index contributed by atoms with van der Waals surface area (Å²) in [4.78, 5) is 14.8. The highest BCUT2D eigenvalue weighted by Gasteiger charge is 2.43. The maximum absolute atomic E-state index is 12.3. The van der Waals surface area contributed by atoms with Crippen molar-refractivity contribution < 1.29 is 9.90 Å². The summed E-state index contributed by atoms with van der Waals surface area (Å²) < 4.78 is 0. The van der Waals surface area contributed by atoms with E-state index >= 15 is 0 Å². The Morgan fingerprint density at radius 1 is 1.24 bits per heavy atom. The summed E-state index contributed by atoms with van der Waals surface area (Å²) in [6.45, 7) is 7.16. The highest BCUT2D eigenvalue weighted by molar-refractivity contribution is 5.74. The number of carbonyl (C=O) groups is 1. The molecule has 3 rings (SSSR count). The van der Waals surface area contributed by atoms with Crippen molar-refractivity contribution in [2.45, 2.75) is 45.3 Å². The quantitative estimate of drug-likeness (QED) is 0.741. The Hall–Kier alpha value is -1.59. The van der Waals surface area contributed by atoms with Gasteiger partial charge in [0.2, 0.25) is 0 Å². The van der Waals surface area contributed by atoms with Crippen molar-refractivity contribution in [2.24, 2.45) is 17.8 Å².